The third kappa shape index (κ3) is 3.41. The van der Waals surface area contributed by atoms with Crippen molar-refractivity contribution in [2.75, 3.05) is 0 Å². The van der Waals surface area contributed by atoms with Gasteiger partial charge >= 0.3 is 0 Å². The standard InChI is InChI=1S/C10H23Si/c1-6-9-10(4,5)11(7-2)8-3/h6-9H2,1-5H3. The van der Waals surface area contributed by atoms with Gasteiger partial charge in [0.15, 0.2) is 0 Å². The molecule has 11 heavy (non-hydrogen) atoms. The van der Waals surface area contributed by atoms with E-state index in [0.717, 1.165) is 0 Å². The van der Waals surface area contributed by atoms with Crippen molar-refractivity contribution in [2.24, 2.45) is 0 Å². The van der Waals surface area contributed by atoms with E-state index < -0.39 is 0 Å². The molecule has 0 bridgehead atoms. The van der Waals surface area contributed by atoms with Crippen LogP contribution in [0.3, 0.4) is 0 Å². The summed E-state index contributed by atoms with van der Waals surface area (Å²) in [5.41, 5.74) is 0. The third-order valence-corrected chi connectivity index (χ3v) is 6.56. The maximum Gasteiger partial charge on any atom is 0.0534 e. The van der Waals surface area contributed by atoms with Crippen molar-refractivity contribution in [1.82, 2.24) is 0 Å². The van der Waals surface area contributed by atoms with E-state index in [0.29, 0.717) is 5.04 Å². The number of rotatable bonds is 5. The highest BCUT2D eigenvalue weighted by atomic mass is 28.3. The van der Waals surface area contributed by atoms with Crippen LogP contribution < -0.4 is 0 Å². The van der Waals surface area contributed by atoms with Crippen LogP contribution in [0.4, 0.5) is 0 Å². The molecule has 0 unspecified atom stereocenters. The molecule has 1 heteroatoms. The van der Waals surface area contributed by atoms with E-state index in [2.05, 4.69) is 34.6 Å². The van der Waals surface area contributed by atoms with Gasteiger partial charge in [-0.05, 0) is 5.04 Å². The van der Waals surface area contributed by atoms with Gasteiger partial charge in [-0.1, -0.05) is 59.5 Å². The highest BCUT2D eigenvalue weighted by molar-refractivity contribution is 6.61. The van der Waals surface area contributed by atoms with Gasteiger partial charge in [0.2, 0.25) is 0 Å². The van der Waals surface area contributed by atoms with Crippen LogP contribution in [-0.4, -0.2) is 8.80 Å². The van der Waals surface area contributed by atoms with Gasteiger partial charge < -0.3 is 0 Å². The maximum absolute atomic E-state index is 2.46. The molecule has 0 saturated carbocycles. The number of hydrogen-bond acceptors (Lipinski definition) is 0. The van der Waals surface area contributed by atoms with Gasteiger partial charge in [-0.2, -0.15) is 0 Å². The predicted molar refractivity (Wildman–Crippen MR) is 55.7 cm³/mol. The van der Waals surface area contributed by atoms with E-state index in [1.165, 1.54) is 24.9 Å². The van der Waals surface area contributed by atoms with Crippen LogP contribution in [-0.2, 0) is 0 Å². The van der Waals surface area contributed by atoms with E-state index >= 15 is 0 Å². The Balaban J connectivity index is 4.00. The maximum atomic E-state index is 2.46. The minimum Gasteiger partial charge on any atom is -0.0680 e. The van der Waals surface area contributed by atoms with E-state index in [4.69, 9.17) is 0 Å². The Kier molecular flexibility index (Phi) is 5.07. The molecule has 0 aliphatic heterocycles. The Morgan fingerprint density at radius 3 is 1.73 bits per heavy atom. The molecule has 0 atom stereocenters. The molecule has 0 heterocycles. The molecular formula is C10H23Si. The van der Waals surface area contributed by atoms with Crippen molar-refractivity contribution in [1.29, 1.82) is 0 Å². The van der Waals surface area contributed by atoms with E-state index in [9.17, 15) is 0 Å². The van der Waals surface area contributed by atoms with Crippen LogP contribution in [0.2, 0.25) is 17.1 Å². The lowest BCUT2D eigenvalue weighted by molar-refractivity contribution is 0.578. The highest BCUT2D eigenvalue weighted by Crippen LogP contribution is 2.37. The quantitative estimate of drug-likeness (QED) is 0.546. The molecule has 0 aliphatic rings. The average molecular weight is 171 g/mol. The summed E-state index contributed by atoms with van der Waals surface area (Å²) in [6.07, 6.45) is 2.77. The fraction of sp³-hybridized carbons (Fsp3) is 1.00. The second-order valence-electron chi connectivity index (χ2n) is 3.94. The SMILES string of the molecule is CCCC(C)(C)[Si](CC)CC. The summed E-state index contributed by atoms with van der Waals surface area (Å²) in [4.78, 5) is 0. The van der Waals surface area contributed by atoms with Gasteiger partial charge in [0.1, 0.15) is 0 Å². The highest BCUT2D eigenvalue weighted by Gasteiger charge is 2.26. The minimum atomic E-state index is -0.0621. The molecule has 0 aromatic carbocycles. The summed E-state index contributed by atoms with van der Waals surface area (Å²) in [5.74, 6) is 0. The predicted octanol–water partition coefficient (Wildman–Crippen LogP) is 4.10. The van der Waals surface area contributed by atoms with Crippen LogP contribution in [0, 0.1) is 0 Å². The molecule has 0 amide bonds. The molecule has 0 saturated heterocycles. The molecule has 0 aliphatic carbocycles. The molecule has 0 rings (SSSR count). The van der Waals surface area contributed by atoms with E-state index in [1.54, 1.807) is 0 Å². The van der Waals surface area contributed by atoms with Crippen LogP contribution in [0.25, 0.3) is 0 Å². The molecule has 0 N–H and O–H groups in total. The summed E-state index contributed by atoms with van der Waals surface area (Å²) >= 11 is 0. The Labute approximate surface area is 74.0 Å². The lowest BCUT2D eigenvalue weighted by Crippen LogP contribution is -2.25. The lowest BCUT2D eigenvalue weighted by atomic mass is 10.1. The molecule has 1 radical (unpaired) electrons. The first kappa shape index (κ1) is 11.2. The van der Waals surface area contributed by atoms with Gasteiger partial charge in [-0.15, -0.1) is 0 Å². The lowest BCUT2D eigenvalue weighted by Gasteiger charge is -2.31. The number of hydrogen-bond donors (Lipinski definition) is 0. The Bertz CT molecular complexity index is 93.0. The summed E-state index contributed by atoms with van der Waals surface area (Å²) < 4.78 is 0. The largest absolute Gasteiger partial charge is 0.0680 e. The van der Waals surface area contributed by atoms with Gasteiger partial charge in [0, 0.05) is 0 Å². The van der Waals surface area contributed by atoms with Gasteiger partial charge in [-0.3, -0.25) is 0 Å². The second kappa shape index (κ2) is 4.97. The summed E-state index contributed by atoms with van der Waals surface area (Å²) in [5, 5.41) is 0.670. The monoisotopic (exact) mass is 171 g/mol. The van der Waals surface area contributed by atoms with Crippen molar-refractivity contribution in [3.05, 3.63) is 0 Å². The van der Waals surface area contributed by atoms with Crippen molar-refractivity contribution in [3.63, 3.8) is 0 Å². The average Bonchev–Trinajstić information content (AvgIpc) is 1.89. The Morgan fingerprint density at radius 1 is 1.00 bits per heavy atom. The van der Waals surface area contributed by atoms with Crippen molar-refractivity contribution in [3.8, 4) is 0 Å². The van der Waals surface area contributed by atoms with Crippen LogP contribution in [0.15, 0.2) is 0 Å². The zero-order chi connectivity index (χ0) is 8.91. The topological polar surface area (TPSA) is 0 Å². The normalized spacial score (nSPS) is 12.5. The fourth-order valence-corrected chi connectivity index (χ4v) is 5.03. The molecule has 0 nitrogen and oxygen atoms in total. The second-order valence-corrected chi connectivity index (χ2v) is 7.92. The van der Waals surface area contributed by atoms with Gasteiger partial charge in [-0.25, -0.2) is 0 Å². The Morgan fingerprint density at radius 2 is 1.45 bits per heavy atom. The van der Waals surface area contributed by atoms with Crippen LogP contribution in [0.5, 0.6) is 0 Å². The molecule has 67 valence electrons. The molecule has 0 fully saturated rings. The first-order valence-electron chi connectivity index (χ1n) is 4.93. The zero-order valence-electron chi connectivity index (χ0n) is 8.83. The first-order valence-corrected chi connectivity index (χ1v) is 6.85. The summed E-state index contributed by atoms with van der Waals surface area (Å²) in [6.45, 7) is 11.9. The Hall–Kier alpha value is 0.217. The van der Waals surface area contributed by atoms with E-state index in [1.807, 2.05) is 0 Å². The summed E-state index contributed by atoms with van der Waals surface area (Å²) in [6, 6.07) is 2.88. The molecular weight excluding hydrogens is 148 g/mol. The third-order valence-electron chi connectivity index (χ3n) is 2.69. The molecule has 0 spiro atoms. The zero-order valence-corrected chi connectivity index (χ0v) is 9.83. The van der Waals surface area contributed by atoms with Gasteiger partial charge in [0.25, 0.3) is 0 Å². The van der Waals surface area contributed by atoms with E-state index in [-0.39, 0.29) is 8.80 Å². The van der Waals surface area contributed by atoms with Crippen molar-refractivity contribution < 1.29 is 0 Å². The molecule has 0 aromatic rings. The fourth-order valence-electron chi connectivity index (χ4n) is 2.01. The van der Waals surface area contributed by atoms with Crippen LogP contribution >= 0.6 is 0 Å². The molecule has 0 aromatic heterocycles. The first-order chi connectivity index (χ1) is 5.08. The van der Waals surface area contributed by atoms with Gasteiger partial charge in [0.05, 0.1) is 8.80 Å². The minimum absolute atomic E-state index is 0.0621. The van der Waals surface area contributed by atoms with Crippen LogP contribution in [0.1, 0.15) is 47.5 Å². The summed E-state index contributed by atoms with van der Waals surface area (Å²) in [7, 11) is -0.0621. The smallest absolute Gasteiger partial charge is 0.0534 e. The van der Waals surface area contributed by atoms with Crippen molar-refractivity contribution >= 4 is 8.80 Å². The van der Waals surface area contributed by atoms with Crippen molar-refractivity contribution in [2.45, 2.75) is 64.6 Å².